The zero-order chi connectivity index (χ0) is 17.1. The monoisotopic (exact) mass is 346 g/mol. The number of amides is 2. The summed E-state index contributed by atoms with van der Waals surface area (Å²) in [6.45, 7) is 0. The van der Waals surface area contributed by atoms with Crippen LogP contribution in [0.1, 0.15) is 10.5 Å². The van der Waals surface area contributed by atoms with Crippen LogP contribution in [0.5, 0.6) is 0 Å². The molecule has 3 N–H and O–H groups in total. The van der Waals surface area contributed by atoms with E-state index in [-0.39, 0.29) is 5.75 Å². The van der Waals surface area contributed by atoms with E-state index in [1.165, 1.54) is 10.9 Å². The Morgan fingerprint density at radius 2 is 2.17 bits per heavy atom. The number of nitrogens with one attached hydrogen (secondary N) is 1. The third-order valence-corrected chi connectivity index (χ3v) is 4.11. The maximum absolute atomic E-state index is 11.9. The van der Waals surface area contributed by atoms with E-state index in [0.717, 1.165) is 11.8 Å². The molecule has 124 valence electrons. The molecular weight excluding hydrogens is 332 g/mol. The van der Waals surface area contributed by atoms with Crippen molar-refractivity contribution in [1.82, 2.24) is 24.8 Å². The molecule has 3 aromatic heterocycles. The van der Waals surface area contributed by atoms with E-state index >= 15 is 0 Å². The van der Waals surface area contributed by atoms with Gasteiger partial charge < -0.3 is 14.8 Å². The van der Waals surface area contributed by atoms with Gasteiger partial charge in [0.2, 0.25) is 16.9 Å². The van der Waals surface area contributed by atoms with E-state index in [1.54, 1.807) is 42.1 Å². The van der Waals surface area contributed by atoms with E-state index in [1.807, 2.05) is 0 Å². The molecule has 0 saturated heterocycles. The van der Waals surface area contributed by atoms with Crippen LogP contribution in [0, 0.1) is 0 Å². The van der Waals surface area contributed by atoms with E-state index in [9.17, 15) is 9.59 Å². The van der Waals surface area contributed by atoms with Crippen molar-refractivity contribution in [3.63, 3.8) is 0 Å². The SMILES string of the molecule is Cn1cccc1C(=O)NC(=O)CSc1nnc(-c2ccco2)n1N. The van der Waals surface area contributed by atoms with Crippen molar-refractivity contribution in [3.8, 4) is 11.6 Å². The number of hydrogen-bond donors (Lipinski definition) is 2. The summed E-state index contributed by atoms with van der Waals surface area (Å²) in [7, 11) is 1.72. The Bertz CT molecular complexity index is 867. The molecule has 3 rings (SSSR count). The summed E-state index contributed by atoms with van der Waals surface area (Å²) in [5, 5.41) is 10.5. The highest BCUT2D eigenvalue weighted by Gasteiger charge is 2.17. The minimum absolute atomic E-state index is 0.0242. The summed E-state index contributed by atoms with van der Waals surface area (Å²) in [4.78, 5) is 23.8. The van der Waals surface area contributed by atoms with Crippen molar-refractivity contribution in [2.75, 3.05) is 11.6 Å². The second-order valence-electron chi connectivity index (χ2n) is 4.82. The molecule has 0 unspecified atom stereocenters. The van der Waals surface area contributed by atoms with Gasteiger partial charge in [0.05, 0.1) is 12.0 Å². The number of aryl methyl sites for hydroxylation is 1. The standard InChI is InChI=1S/C14H14N6O3S/c1-19-6-2-4-9(19)13(22)16-11(21)8-24-14-18-17-12(20(14)15)10-5-3-7-23-10/h2-7H,8,15H2,1H3,(H,16,21,22). The largest absolute Gasteiger partial charge is 0.461 e. The molecule has 3 aromatic rings. The van der Waals surface area contributed by atoms with Crippen LogP contribution in [-0.2, 0) is 11.8 Å². The highest BCUT2D eigenvalue weighted by molar-refractivity contribution is 7.99. The lowest BCUT2D eigenvalue weighted by molar-refractivity contribution is -0.117. The molecule has 10 heteroatoms. The predicted molar refractivity (Wildman–Crippen MR) is 86.5 cm³/mol. The van der Waals surface area contributed by atoms with E-state index in [2.05, 4.69) is 15.5 Å². The predicted octanol–water partition coefficient (Wildman–Crippen LogP) is 0.639. The quantitative estimate of drug-likeness (QED) is 0.513. The number of nitrogens with zero attached hydrogens (tertiary/aromatic N) is 4. The number of hydrogen-bond acceptors (Lipinski definition) is 7. The zero-order valence-electron chi connectivity index (χ0n) is 12.7. The Labute approximate surface area is 140 Å². The summed E-state index contributed by atoms with van der Waals surface area (Å²) in [6.07, 6.45) is 3.22. The van der Waals surface area contributed by atoms with Crippen LogP contribution in [0.2, 0.25) is 0 Å². The fraction of sp³-hybridized carbons (Fsp3) is 0.143. The third kappa shape index (κ3) is 3.18. The van der Waals surface area contributed by atoms with Crippen LogP contribution in [0.25, 0.3) is 11.6 Å². The first kappa shape index (κ1) is 15.9. The number of imide groups is 1. The lowest BCUT2D eigenvalue weighted by Crippen LogP contribution is -2.33. The minimum Gasteiger partial charge on any atom is -0.461 e. The number of furan rings is 1. The van der Waals surface area contributed by atoms with Crippen LogP contribution in [-0.4, -0.2) is 37.0 Å². The zero-order valence-corrected chi connectivity index (χ0v) is 13.5. The maximum atomic E-state index is 11.9. The number of carbonyl (C=O) groups is 2. The first-order chi connectivity index (χ1) is 11.6. The van der Waals surface area contributed by atoms with Crippen molar-refractivity contribution in [2.24, 2.45) is 7.05 Å². The van der Waals surface area contributed by atoms with Gasteiger partial charge in [-0.2, -0.15) is 0 Å². The van der Waals surface area contributed by atoms with Crippen LogP contribution >= 0.6 is 11.8 Å². The average molecular weight is 346 g/mol. The Hall–Kier alpha value is -3.01. The molecule has 0 aliphatic heterocycles. The van der Waals surface area contributed by atoms with Gasteiger partial charge in [-0.1, -0.05) is 11.8 Å². The molecule has 0 spiro atoms. The molecule has 0 aromatic carbocycles. The molecule has 0 atom stereocenters. The van der Waals surface area contributed by atoms with Crippen molar-refractivity contribution in [3.05, 3.63) is 42.4 Å². The molecular formula is C14H14N6O3S. The van der Waals surface area contributed by atoms with Crippen LogP contribution in [0.4, 0.5) is 0 Å². The highest BCUT2D eigenvalue weighted by Crippen LogP contribution is 2.21. The van der Waals surface area contributed by atoms with Gasteiger partial charge in [0, 0.05) is 13.2 Å². The first-order valence-electron chi connectivity index (χ1n) is 6.89. The number of nitrogen functional groups attached to an aromatic ring is 1. The summed E-state index contributed by atoms with van der Waals surface area (Å²) in [5.74, 6) is 5.78. The third-order valence-electron chi connectivity index (χ3n) is 3.17. The van der Waals surface area contributed by atoms with E-state index < -0.39 is 11.8 Å². The molecule has 0 bridgehead atoms. The summed E-state index contributed by atoms with van der Waals surface area (Å²) in [5.41, 5.74) is 0.399. The van der Waals surface area contributed by atoms with Crippen molar-refractivity contribution < 1.29 is 14.0 Å². The smallest absolute Gasteiger partial charge is 0.274 e. The molecule has 0 saturated carbocycles. The second kappa shape index (κ2) is 6.62. The molecule has 0 fully saturated rings. The molecule has 2 amide bonds. The Balaban J connectivity index is 1.59. The minimum atomic E-state index is -0.460. The van der Waals surface area contributed by atoms with Gasteiger partial charge >= 0.3 is 0 Å². The van der Waals surface area contributed by atoms with Gasteiger partial charge in [-0.05, 0) is 24.3 Å². The Kier molecular flexibility index (Phi) is 4.38. The molecule has 9 nitrogen and oxygen atoms in total. The van der Waals surface area contributed by atoms with Gasteiger partial charge in [-0.25, -0.2) is 4.68 Å². The maximum Gasteiger partial charge on any atom is 0.274 e. The van der Waals surface area contributed by atoms with Gasteiger partial charge in [0.15, 0.2) is 5.76 Å². The van der Waals surface area contributed by atoms with Crippen LogP contribution in [0.15, 0.2) is 46.3 Å². The molecule has 3 heterocycles. The van der Waals surface area contributed by atoms with Crippen molar-refractivity contribution >= 4 is 23.6 Å². The van der Waals surface area contributed by atoms with Crippen LogP contribution < -0.4 is 11.2 Å². The normalized spacial score (nSPS) is 10.7. The number of nitrogens with two attached hydrogens (primary N) is 1. The topological polar surface area (TPSA) is 121 Å². The number of carbonyl (C=O) groups excluding carboxylic acids is 2. The lowest BCUT2D eigenvalue weighted by Gasteiger charge is -2.05. The van der Waals surface area contributed by atoms with E-state index in [0.29, 0.717) is 22.4 Å². The number of thioether (sulfide) groups is 1. The van der Waals surface area contributed by atoms with Crippen molar-refractivity contribution in [2.45, 2.75) is 5.16 Å². The number of aromatic nitrogens is 4. The lowest BCUT2D eigenvalue weighted by atomic mass is 10.4. The summed E-state index contributed by atoms with van der Waals surface area (Å²) >= 11 is 1.07. The first-order valence-corrected chi connectivity index (χ1v) is 7.87. The second-order valence-corrected chi connectivity index (χ2v) is 5.77. The van der Waals surface area contributed by atoms with E-state index in [4.69, 9.17) is 10.3 Å². The fourth-order valence-corrected chi connectivity index (χ4v) is 2.66. The van der Waals surface area contributed by atoms with Gasteiger partial charge in [0.1, 0.15) is 5.69 Å². The Morgan fingerprint density at radius 1 is 1.33 bits per heavy atom. The van der Waals surface area contributed by atoms with Gasteiger partial charge in [-0.3, -0.25) is 14.9 Å². The van der Waals surface area contributed by atoms with Gasteiger partial charge in [-0.15, -0.1) is 10.2 Å². The van der Waals surface area contributed by atoms with Crippen LogP contribution in [0.3, 0.4) is 0 Å². The van der Waals surface area contributed by atoms with Gasteiger partial charge in [0.25, 0.3) is 5.91 Å². The summed E-state index contributed by atoms with van der Waals surface area (Å²) in [6, 6.07) is 6.76. The molecule has 0 aliphatic carbocycles. The average Bonchev–Trinajstić information content (AvgIpc) is 3.26. The van der Waals surface area contributed by atoms with Crippen molar-refractivity contribution in [1.29, 1.82) is 0 Å². The molecule has 0 aliphatic rings. The summed E-state index contributed by atoms with van der Waals surface area (Å²) < 4.78 is 8.06. The highest BCUT2D eigenvalue weighted by atomic mass is 32.2. The number of rotatable bonds is 5. The molecule has 24 heavy (non-hydrogen) atoms. The fourth-order valence-electron chi connectivity index (χ4n) is 2.00. The molecule has 0 radical (unpaired) electrons. The Morgan fingerprint density at radius 3 is 2.83 bits per heavy atom.